The molecule has 0 radical (unpaired) electrons. The number of methoxy groups -OCH3 is 1. The number of amidine groups is 1. The second-order valence-corrected chi connectivity index (χ2v) is 7.48. The molecule has 10 heteroatoms. The molecule has 1 aliphatic rings. The molecule has 152 valence electrons. The van der Waals surface area contributed by atoms with Crippen LogP contribution in [-0.4, -0.2) is 44.7 Å². The van der Waals surface area contributed by atoms with Gasteiger partial charge in [0.15, 0.2) is 11.5 Å². The number of fused-ring (bicyclic) bond motifs is 1. The van der Waals surface area contributed by atoms with Crippen LogP contribution >= 0.6 is 0 Å². The van der Waals surface area contributed by atoms with E-state index in [0.29, 0.717) is 35.4 Å². The molecule has 1 atom stereocenters. The molecule has 3 aromatic rings. The number of nitrogens with one attached hydrogen (secondary N) is 2. The largest absolute Gasteiger partial charge is 0.481 e. The molecule has 0 unspecified atom stereocenters. The monoisotopic (exact) mass is 399 g/mol. The van der Waals surface area contributed by atoms with Crippen LogP contribution in [0.4, 0.5) is 10.2 Å². The normalized spacial score (nSPS) is 16.5. The summed E-state index contributed by atoms with van der Waals surface area (Å²) in [6.45, 7) is 6.40. The van der Waals surface area contributed by atoms with Crippen LogP contribution in [0.25, 0.3) is 5.65 Å². The Morgan fingerprint density at radius 3 is 2.97 bits per heavy atom. The van der Waals surface area contributed by atoms with Crippen LogP contribution in [0.15, 0.2) is 35.9 Å². The summed E-state index contributed by atoms with van der Waals surface area (Å²) in [5, 5.41) is 15.0. The van der Waals surface area contributed by atoms with Crippen LogP contribution in [0, 0.1) is 5.82 Å². The minimum Gasteiger partial charge on any atom is -0.481 e. The number of halogens is 1. The Balaban J connectivity index is 1.64. The second-order valence-electron chi connectivity index (χ2n) is 7.48. The smallest absolute Gasteiger partial charge is 0.218 e. The van der Waals surface area contributed by atoms with Gasteiger partial charge in [0.1, 0.15) is 18.2 Å². The first kappa shape index (κ1) is 18.9. The maximum atomic E-state index is 13.7. The SMILES string of the molecule is COc1ncc(F)cc1[C@@H](C)Nc1ccn2ncc(C3=NOCC(C)(C)N3)c2n1. The lowest BCUT2D eigenvalue weighted by atomic mass is 10.1. The van der Waals surface area contributed by atoms with E-state index in [1.165, 1.54) is 13.2 Å². The highest BCUT2D eigenvalue weighted by atomic mass is 19.1. The van der Waals surface area contributed by atoms with Crippen LogP contribution in [0.5, 0.6) is 5.88 Å². The third-order valence-corrected chi connectivity index (χ3v) is 4.53. The van der Waals surface area contributed by atoms with E-state index in [2.05, 4.69) is 30.9 Å². The van der Waals surface area contributed by atoms with Crippen molar-refractivity contribution in [2.45, 2.75) is 32.4 Å². The maximum Gasteiger partial charge on any atom is 0.218 e. The molecule has 0 aliphatic carbocycles. The molecule has 0 fully saturated rings. The third kappa shape index (κ3) is 3.78. The van der Waals surface area contributed by atoms with E-state index in [1.807, 2.05) is 20.8 Å². The van der Waals surface area contributed by atoms with Gasteiger partial charge >= 0.3 is 0 Å². The molecule has 29 heavy (non-hydrogen) atoms. The first-order chi connectivity index (χ1) is 13.9. The summed E-state index contributed by atoms with van der Waals surface area (Å²) in [4.78, 5) is 14.0. The molecule has 2 N–H and O–H groups in total. The van der Waals surface area contributed by atoms with Crippen molar-refractivity contribution in [2.24, 2.45) is 5.16 Å². The second kappa shape index (κ2) is 7.19. The van der Waals surface area contributed by atoms with E-state index in [0.717, 1.165) is 11.8 Å². The van der Waals surface area contributed by atoms with Crippen molar-refractivity contribution in [1.29, 1.82) is 0 Å². The number of aromatic nitrogens is 4. The van der Waals surface area contributed by atoms with Crippen LogP contribution in [-0.2, 0) is 4.84 Å². The molecule has 3 aromatic heterocycles. The number of hydrogen-bond acceptors (Lipinski definition) is 8. The van der Waals surface area contributed by atoms with Crippen molar-refractivity contribution in [3.63, 3.8) is 0 Å². The summed E-state index contributed by atoms with van der Waals surface area (Å²) < 4.78 is 20.6. The van der Waals surface area contributed by atoms with E-state index in [-0.39, 0.29) is 11.6 Å². The molecule has 4 rings (SSSR count). The van der Waals surface area contributed by atoms with Crippen LogP contribution in [0.1, 0.15) is 37.9 Å². The molecule has 0 saturated heterocycles. The van der Waals surface area contributed by atoms with Gasteiger partial charge in [0.25, 0.3) is 0 Å². The summed E-state index contributed by atoms with van der Waals surface area (Å²) in [6, 6.07) is 2.89. The molecule has 0 saturated carbocycles. The summed E-state index contributed by atoms with van der Waals surface area (Å²) in [6.07, 6.45) is 4.60. The van der Waals surface area contributed by atoms with Gasteiger partial charge in [0, 0.05) is 11.8 Å². The number of rotatable bonds is 5. The third-order valence-electron chi connectivity index (χ3n) is 4.53. The van der Waals surface area contributed by atoms with E-state index in [4.69, 9.17) is 9.57 Å². The molecule has 0 aromatic carbocycles. The van der Waals surface area contributed by atoms with E-state index < -0.39 is 5.82 Å². The summed E-state index contributed by atoms with van der Waals surface area (Å²) in [7, 11) is 1.50. The molecule has 0 bridgehead atoms. The maximum absolute atomic E-state index is 13.7. The van der Waals surface area contributed by atoms with Gasteiger partial charge in [0.05, 0.1) is 36.6 Å². The molecular weight excluding hydrogens is 377 g/mol. The number of anilines is 1. The van der Waals surface area contributed by atoms with Gasteiger partial charge in [-0.15, -0.1) is 0 Å². The summed E-state index contributed by atoms with van der Waals surface area (Å²) in [5.41, 5.74) is 1.67. The van der Waals surface area contributed by atoms with Gasteiger partial charge in [-0.25, -0.2) is 18.9 Å². The molecule has 9 nitrogen and oxygen atoms in total. The Morgan fingerprint density at radius 2 is 2.21 bits per heavy atom. The van der Waals surface area contributed by atoms with Crippen molar-refractivity contribution < 1.29 is 14.0 Å². The van der Waals surface area contributed by atoms with Gasteiger partial charge in [-0.05, 0) is 32.9 Å². The number of hydrogen-bond donors (Lipinski definition) is 2. The van der Waals surface area contributed by atoms with Crippen LogP contribution < -0.4 is 15.4 Å². The first-order valence-electron chi connectivity index (χ1n) is 9.15. The van der Waals surface area contributed by atoms with Crippen LogP contribution in [0.2, 0.25) is 0 Å². The van der Waals surface area contributed by atoms with Crippen molar-refractivity contribution in [3.05, 3.63) is 47.7 Å². The summed E-state index contributed by atoms with van der Waals surface area (Å²) >= 11 is 0. The van der Waals surface area contributed by atoms with Crippen molar-refractivity contribution in [2.75, 3.05) is 19.0 Å². The fourth-order valence-corrected chi connectivity index (χ4v) is 3.09. The fraction of sp³-hybridized carbons (Fsp3) is 0.368. The predicted octanol–water partition coefficient (Wildman–Crippen LogP) is 2.51. The highest BCUT2D eigenvalue weighted by molar-refractivity contribution is 6.04. The molecule has 0 amide bonds. The Bertz CT molecular complexity index is 1080. The van der Waals surface area contributed by atoms with Gasteiger partial charge in [-0.1, -0.05) is 5.16 Å². The standard InChI is InChI=1S/C19H22FN7O2/c1-11(13-7-12(20)8-21-18(13)28-4)23-15-5-6-27-17(24-15)14(9-22-27)16-25-19(2,3)10-29-26-16/h5-9,11H,10H2,1-4H3,(H,23,24)(H,25,26)/t11-/m1/s1. The zero-order valence-corrected chi connectivity index (χ0v) is 16.6. The predicted molar refractivity (Wildman–Crippen MR) is 105 cm³/mol. The zero-order valence-electron chi connectivity index (χ0n) is 16.6. The van der Waals surface area contributed by atoms with Gasteiger partial charge in [-0.3, -0.25) is 0 Å². The van der Waals surface area contributed by atoms with E-state index >= 15 is 0 Å². The van der Waals surface area contributed by atoms with Gasteiger partial charge in [-0.2, -0.15) is 5.10 Å². The lowest BCUT2D eigenvalue weighted by molar-refractivity contribution is 0.0793. The van der Waals surface area contributed by atoms with E-state index in [1.54, 1.807) is 23.0 Å². The van der Waals surface area contributed by atoms with Gasteiger partial charge < -0.3 is 20.2 Å². The van der Waals surface area contributed by atoms with Crippen molar-refractivity contribution in [3.8, 4) is 5.88 Å². The zero-order chi connectivity index (χ0) is 20.6. The van der Waals surface area contributed by atoms with Crippen molar-refractivity contribution in [1.82, 2.24) is 24.9 Å². The Morgan fingerprint density at radius 1 is 1.38 bits per heavy atom. The molecular formula is C19H22FN7O2. The first-order valence-corrected chi connectivity index (χ1v) is 9.15. The van der Waals surface area contributed by atoms with Crippen molar-refractivity contribution >= 4 is 17.3 Å². The quantitative estimate of drug-likeness (QED) is 0.680. The molecule has 1 aliphatic heterocycles. The average Bonchev–Trinajstić information content (AvgIpc) is 3.10. The van der Waals surface area contributed by atoms with Crippen LogP contribution in [0.3, 0.4) is 0 Å². The lowest BCUT2D eigenvalue weighted by Gasteiger charge is -2.30. The number of ether oxygens (including phenoxy) is 1. The average molecular weight is 399 g/mol. The van der Waals surface area contributed by atoms with Gasteiger partial charge in [0.2, 0.25) is 5.88 Å². The molecule has 0 spiro atoms. The Labute approximate surface area is 166 Å². The minimum atomic E-state index is -0.431. The fourth-order valence-electron chi connectivity index (χ4n) is 3.09. The minimum absolute atomic E-state index is 0.253. The number of oxime groups is 1. The molecule has 4 heterocycles. The highest BCUT2D eigenvalue weighted by Gasteiger charge is 2.27. The topological polar surface area (TPSA) is 98.0 Å². The highest BCUT2D eigenvalue weighted by Crippen LogP contribution is 2.26. The summed E-state index contributed by atoms with van der Waals surface area (Å²) in [5.74, 6) is 1.09. The number of nitrogens with zero attached hydrogens (tertiary/aromatic N) is 5. The lowest BCUT2D eigenvalue weighted by Crippen LogP contribution is -2.50. The Kier molecular flexibility index (Phi) is 4.69. The Hall–Kier alpha value is -3.43. The van der Waals surface area contributed by atoms with E-state index in [9.17, 15) is 4.39 Å². The number of pyridine rings is 1.